The first kappa shape index (κ1) is 18.5. The van der Waals surface area contributed by atoms with Crippen molar-refractivity contribution in [3.05, 3.63) is 65.2 Å². The predicted octanol–water partition coefficient (Wildman–Crippen LogP) is 2.47. The molecule has 24 heavy (non-hydrogen) atoms. The number of hydrogen-bond donors (Lipinski definition) is 1. The van der Waals surface area contributed by atoms with Crippen LogP contribution in [-0.2, 0) is 16.4 Å². The van der Waals surface area contributed by atoms with E-state index in [4.69, 9.17) is 5.73 Å². The van der Waals surface area contributed by atoms with Crippen LogP contribution in [0.15, 0.2) is 47.4 Å². The standard InChI is InChI=1S/C17H20F2N2O2S/c1-13-11-16(19)17(12-15(13)18)24(22,23)21(10-8-20)9-7-14-5-3-2-4-6-14/h2-6,11-12H,7-10,20H2,1H3. The van der Waals surface area contributed by atoms with Crippen molar-refractivity contribution in [3.8, 4) is 0 Å². The van der Waals surface area contributed by atoms with Gasteiger partial charge in [-0.15, -0.1) is 0 Å². The first-order valence-corrected chi connectivity index (χ1v) is 9.00. The summed E-state index contributed by atoms with van der Waals surface area (Å²) in [6.45, 7) is 1.63. The van der Waals surface area contributed by atoms with Crippen molar-refractivity contribution >= 4 is 10.0 Å². The van der Waals surface area contributed by atoms with Gasteiger partial charge in [0.15, 0.2) is 0 Å². The molecular formula is C17H20F2N2O2S. The Balaban J connectivity index is 2.30. The molecule has 0 amide bonds. The van der Waals surface area contributed by atoms with E-state index < -0.39 is 26.6 Å². The van der Waals surface area contributed by atoms with E-state index in [1.807, 2.05) is 30.3 Å². The minimum absolute atomic E-state index is 0.0318. The van der Waals surface area contributed by atoms with Crippen LogP contribution in [0, 0.1) is 18.6 Å². The van der Waals surface area contributed by atoms with Gasteiger partial charge in [-0.3, -0.25) is 0 Å². The minimum atomic E-state index is -4.16. The van der Waals surface area contributed by atoms with E-state index in [0.717, 1.165) is 22.0 Å². The third-order valence-corrected chi connectivity index (χ3v) is 5.62. The van der Waals surface area contributed by atoms with Crippen molar-refractivity contribution in [3.63, 3.8) is 0 Å². The van der Waals surface area contributed by atoms with Crippen LogP contribution in [0.25, 0.3) is 0 Å². The second-order valence-corrected chi connectivity index (χ2v) is 7.37. The lowest BCUT2D eigenvalue weighted by molar-refractivity contribution is 0.416. The Hall–Kier alpha value is -1.83. The molecule has 0 spiro atoms. The van der Waals surface area contributed by atoms with Crippen molar-refractivity contribution in [1.82, 2.24) is 4.31 Å². The smallest absolute Gasteiger partial charge is 0.246 e. The van der Waals surface area contributed by atoms with Gasteiger partial charge < -0.3 is 5.73 Å². The number of halogens is 2. The molecule has 130 valence electrons. The molecule has 0 bridgehead atoms. The molecule has 0 atom stereocenters. The molecule has 0 aliphatic carbocycles. The summed E-state index contributed by atoms with van der Waals surface area (Å²) < 4.78 is 54.3. The lowest BCUT2D eigenvalue weighted by Crippen LogP contribution is -2.37. The monoisotopic (exact) mass is 354 g/mol. The summed E-state index contributed by atoms with van der Waals surface area (Å²) in [5.74, 6) is -1.72. The first-order valence-electron chi connectivity index (χ1n) is 7.56. The SMILES string of the molecule is Cc1cc(F)c(S(=O)(=O)N(CCN)CCc2ccccc2)cc1F. The molecular weight excluding hydrogens is 334 g/mol. The van der Waals surface area contributed by atoms with E-state index in [0.29, 0.717) is 6.42 Å². The van der Waals surface area contributed by atoms with Crippen molar-refractivity contribution in [2.75, 3.05) is 19.6 Å². The van der Waals surface area contributed by atoms with Gasteiger partial charge in [-0.25, -0.2) is 17.2 Å². The van der Waals surface area contributed by atoms with Crippen LogP contribution in [0.3, 0.4) is 0 Å². The Labute approximate surface area is 141 Å². The van der Waals surface area contributed by atoms with Crippen molar-refractivity contribution in [2.24, 2.45) is 5.73 Å². The quantitative estimate of drug-likeness (QED) is 0.831. The number of aryl methyl sites for hydroxylation is 1. The van der Waals surface area contributed by atoms with Gasteiger partial charge in [0, 0.05) is 19.6 Å². The van der Waals surface area contributed by atoms with Crippen LogP contribution in [0.2, 0.25) is 0 Å². The summed E-state index contributed by atoms with van der Waals surface area (Å²) >= 11 is 0. The molecule has 0 aliphatic heterocycles. The largest absolute Gasteiger partial charge is 0.329 e. The highest BCUT2D eigenvalue weighted by Gasteiger charge is 2.28. The maximum Gasteiger partial charge on any atom is 0.246 e. The molecule has 4 nitrogen and oxygen atoms in total. The average Bonchev–Trinajstić information content (AvgIpc) is 2.55. The normalized spacial score (nSPS) is 11.9. The third kappa shape index (κ3) is 4.17. The van der Waals surface area contributed by atoms with Crippen LogP contribution < -0.4 is 5.73 Å². The second kappa shape index (κ2) is 7.83. The molecule has 0 saturated carbocycles. The van der Waals surface area contributed by atoms with Crippen LogP contribution >= 0.6 is 0 Å². The number of rotatable bonds is 7. The Kier molecular flexibility index (Phi) is 6.04. The molecule has 2 aromatic carbocycles. The Bertz CT molecular complexity index is 796. The van der Waals surface area contributed by atoms with Crippen LogP contribution in [-0.4, -0.2) is 32.4 Å². The molecule has 0 saturated heterocycles. The molecule has 0 aromatic heterocycles. The predicted molar refractivity (Wildman–Crippen MR) is 89.1 cm³/mol. The fraction of sp³-hybridized carbons (Fsp3) is 0.294. The Morgan fingerprint density at radius 2 is 1.71 bits per heavy atom. The highest BCUT2D eigenvalue weighted by molar-refractivity contribution is 7.89. The van der Waals surface area contributed by atoms with Crippen LogP contribution in [0.4, 0.5) is 8.78 Å². The van der Waals surface area contributed by atoms with Gasteiger partial charge >= 0.3 is 0 Å². The van der Waals surface area contributed by atoms with E-state index in [1.165, 1.54) is 6.92 Å². The van der Waals surface area contributed by atoms with Crippen molar-refractivity contribution < 1.29 is 17.2 Å². The van der Waals surface area contributed by atoms with E-state index >= 15 is 0 Å². The number of benzene rings is 2. The number of nitrogens with zero attached hydrogens (tertiary/aromatic N) is 1. The fourth-order valence-corrected chi connectivity index (χ4v) is 3.87. The summed E-state index contributed by atoms with van der Waals surface area (Å²) in [5, 5.41) is 0. The van der Waals surface area contributed by atoms with E-state index in [1.54, 1.807) is 0 Å². The van der Waals surface area contributed by atoms with Gasteiger partial charge in [0.2, 0.25) is 10.0 Å². The van der Waals surface area contributed by atoms with Crippen molar-refractivity contribution in [1.29, 1.82) is 0 Å². The molecule has 0 aliphatic rings. The van der Waals surface area contributed by atoms with Gasteiger partial charge in [-0.2, -0.15) is 4.31 Å². The number of hydrogen-bond acceptors (Lipinski definition) is 3. The molecule has 2 aromatic rings. The number of sulfonamides is 1. The molecule has 0 fully saturated rings. The average molecular weight is 354 g/mol. The first-order chi connectivity index (χ1) is 11.4. The van der Waals surface area contributed by atoms with Gasteiger partial charge in [0.05, 0.1) is 0 Å². The maximum absolute atomic E-state index is 14.1. The Morgan fingerprint density at radius 3 is 2.33 bits per heavy atom. The van der Waals surface area contributed by atoms with Gasteiger partial charge in [-0.1, -0.05) is 30.3 Å². The summed E-state index contributed by atoms with van der Waals surface area (Å²) in [4.78, 5) is -0.660. The zero-order valence-corrected chi connectivity index (χ0v) is 14.2. The summed E-state index contributed by atoms with van der Waals surface area (Å²) in [6, 6.07) is 10.9. The lowest BCUT2D eigenvalue weighted by atomic mass is 10.1. The molecule has 7 heteroatoms. The molecule has 0 heterocycles. The van der Waals surface area contributed by atoms with E-state index in [9.17, 15) is 17.2 Å². The lowest BCUT2D eigenvalue weighted by Gasteiger charge is -2.22. The highest BCUT2D eigenvalue weighted by atomic mass is 32.2. The summed E-state index contributed by atoms with van der Waals surface area (Å²) in [5.41, 5.74) is 6.50. The van der Waals surface area contributed by atoms with Gasteiger partial charge in [0.1, 0.15) is 16.5 Å². The van der Waals surface area contributed by atoms with Gasteiger partial charge in [0.25, 0.3) is 0 Å². The second-order valence-electron chi connectivity index (χ2n) is 5.46. The maximum atomic E-state index is 14.1. The molecule has 2 N–H and O–H groups in total. The zero-order valence-electron chi connectivity index (χ0n) is 13.4. The number of nitrogens with two attached hydrogens (primary N) is 1. The minimum Gasteiger partial charge on any atom is -0.329 e. The third-order valence-electron chi connectivity index (χ3n) is 3.70. The van der Waals surface area contributed by atoms with Gasteiger partial charge in [-0.05, 0) is 36.6 Å². The molecule has 2 rings (SSSR count). The van der Waals surface area contributed by atoms with Crippen molar-refractivity contribution in [2.45, 2.75) is 18.2 Å². The zero-order chi connectivity index (χ0) is 17.7. The summed E-state index contributed by atoms with van der Waals surface area (Å²) in [7, 11) is -4.16. The fourth-order valence-electron chi connectivity index (χ4n) is 2.36. The highest BCUT2D eigenvalue weighted by Crippen LogP contribution is 2.22. The summed E-state index contributed by atoms with van der Waals surface area (Å²) in [6.07, 6.45) is 0.454. The molecule has 0 radical (unpaired) electrons. The van der Waals surface area contributed by atoms with E-state index in [-0.39, 0.29) is 25.2 Å². The van der Waals surface area contributed by atoms with Crippen LogP contribution in [0.1, 0.15) is 11.1 Å². The molecule has 0 unspecified atom stereocenters. The topological polar surface area (TPSA) is 63.4 Å². The Morgan fingerprint density at radius 1 is 1.04 bits per heavy atom. The van der Waals surface area contributed by atoms with Crippen LogP contribution in [0.5, 0.6) is 0 Å². The van der Waals surface area contributed by atoms with E-state index in [2.05, 4.69) is 0 Å².